The highest BCUT2D eigenvalue weighted by atomic mass is 16.1. The fourth-order valence-electron chi connectivity index (χ4n) is 4.48. The Bertz CT molecular complexity index is 816. The van der Waals surface area contributed by atoms with Crippen LogP contribution in [-0.4, -0.2) is 5.78 Å². The van der Waals surface area contributed by atoms with Crippen molar-refractivity contribution in [2.75, 3.05) is 0 Å². The number of hydrogen-bond acceptors (Lipinski definition) is 1. The van der Waals surface area contributed by atoms with Crippen molar-refractivity contribution < 1.29 is 4.79 Å². The Hall–Kier alpha value is -1.89. The van der Waals surface area contributed by atoms with E-state index < -0.39 is 0 Å². The zero-order valence-electron chi connectivity index (χ0n) is 17.8. The summed E-state index contributed by atoms with van der Waals surface area (Å²) < 4.78 is 0. The fraction of sp³-hybridized carbons (Fsp3) is 0.500. The van der Waals surface area contributed by atoms with Gasteiger partial charge in [-0.3, -0.25) is 4.79 Å². The average molecular weight is 363 g/mol. The number of hydrogen-bond donors (Lipinski definition) is 0. The Morgan fingerprint density at radius 2 is 1.70 bits per heavy atom. The van der Waals surface area contributed by atoms with Gasteiger partial charge in [0.25, 0.3) is 0 Å². The van der Waals surface area contributed by atoms with Crippen LogP contribution in [0.3, 0.4) is 0 Å². The molecule has 0 aromatic heterocycles. The molecule has 2 aromatic carbocycles. The van der Waals surface area contributed by atoms with E-state index >= 15 is 0 Å². The van der Waals surface area contributed by atoms with Crippen molar-refractivity contribution >= 4 is 5.78 Å². The maximum absolute atomic E-state index is 13.6. The van der Waals surface area contributed by atoms with E-state index in [0.29, 0.717) is 5.92 Å². The van der Waals surface area contributed by atoms with Crippen molar-refractivity contribution in [2.24, 2.45) is 11.8 Å². The van der Waals surface area contributed by atoms with E-state index in [0.717, 1.165) is 40.5 Å². The summed E-state index contributed by atoms with van der Waals surface area (Å²) in [6.07, 6.45) is 3.74. The molecule has 144 valence electrons. The molecule has 0 atom stereocenters. The Labute approximate surface area is 165 Å². The average Bonchev–Trinajstić information content (AvgIpc) is 2.58. The maximum Gasteiger partial charge on any atom is 0.193 e. The lowest BCUT2D eigenvalue weighted by Gasteiger charge is -2.33. The summed E-state index contributed by atoms with van der Waals surface area (Å²) in [6, 6.07) is 14.7. The van der Waals surface area contributed by atoms with Crippen molar-refractivity contribution in [1.82, 2.24) is 0 Å². The Morgan fingerprint density at radius 3 is 2.30 bits per heavy atom. The van der Waals surface area contributed by atoms with Crippen LogP contribution in [0.4, 0.5) is 0 Å². The van der Waals surface area contributed by atoms with Crippen LogP contribution < -0.4 is 0 Å². The van der Waals surface area contributed by atoms with Crippen LogP contribution in [-0.2, 0) is 11.8 Å². The lowest BCUT2D eigenvalue weighted by Crippen LogP contribution is -2.23. The molecule has 0 bridgehead atoms. The predicted octanol–water partition coefficient (Wildman–Crippen LogP) is 6.93. The fourth-order valence-corrected chi connectivity index (χ4v) is 4.48. The molecule has 0 radical (unpaired) electrons. The summed E-state index contributed by atoms with van der Waals surface area (Å²) in [5, 5.41) is 0. The maximum atomic E-state index is 13.6. The molecule has 0 aliphatic heterocycles. The number of ketones is 1. The van der Waals surface area contributed by atoms with Gasteiger partial charge in [-0.15, -0.1) is 0 Å². The van der Waals surface area contributed by atoms with Crippen LogP contribution in [0.25, 0.3) is 0 Å². The molecular formula is C26H34O. The summed E-state index contributed by atoms with van der Waals surface area (Å²) in [5.41, 5.74) is 5.29. The molecule has 0 unspecified atom stereocenters. The molecule has 1 aliphatic rings. The quantitative estimate of drug-likeness (QED) is 0.527. The van der Waals surface area contributed by atoms with Gasteiger partial charge in [0.2, 0.25) is 0 Å². The van der Waals surface area contributed by atoms with Crippen LogP contribution in [0.1, 0.15) is 92.9 Å². The Morgan fingerprint density at radius 1 is 1.04 bits per heavy atom. The summed E-state index contributed by atoms with van der Waals surface area (Å²) >= 11 is 0. The Kier molecular flexibility index (Phi) is 5.60. The van der Waals surface area contributed by atoms with Gasteiger partial charge in [-0.25, -0.2) is 0 Å². The monoisotopic (exact) mass is 362 g/mol. The highest BCUT2D eigenvalue weighted by molar-refractivity contribution is 6.11. The molecule has 0 N–H and O–H groups in total. The topological polar surface area (TPSA) is 17.1 Å². The predicted molar refractivity (Wildman–Crippen MR) is 115 cm³/mol. The smallest absolute Gasteiger partial charge is 0.193 e. The molecule has 0 heterocycles. The van der Waals surface area contributed by atoms with Crippen LogP contribution in [0, 0.1) is 11.8 Å². The summed E-state index contributed by atoms with van der Waals surface area (Å²) in [4.78, 5) is 13.6. The van der Waals surface area contributed by atoms with E-state index in [1.165, 1.54) is 18.4 Å². The second kappa shape index (κ2) is 7.62. The second-order valence-corrected chi connectivity index (χ2v) is 9.85. The molecule has 27 heavy (non-hydrogen) atoms. The van der Waals surface area contributed by atoms with Crippen molar-refractivity contribution in [2.45, 2.75) is 72.1 Å². The summed E-state index contributed by atoms with van der Waals surface area (Å²) in [6.45, 7) is 13.2. The molecule has 1 aliphatic carbocycles. The number of carbonyl (C=O) groups excluding carboxylic acids is 1. The van der Waals surface area contributed by atoms with E-state index in [2.05, 4.69) is 65.8 Å². The van der Waals surface area contributed by atoms with Gasteiger partial charge in [-0.2, -0.15) is 0 Å². The molecule has 1 fully saturated rings. The molecule has 3 rings (SSSR count). The third-order valence-electron chi connectivity index (χ3n) is 5.96. The highest BCUT2D eigenvalue weighted by Crippen LogP contribution is 2.37. The number of carbonyl (C=O) groups is 1. The van der Waals surface area contributed by atoms with Gasteiger partial charge in [0, 0.05) is 11.1 Å². The van der Waals surface area contributed by atoms with Gasteiger partial charge in [0.1, 0.15) is 0 Å². The third kappa shape index (κ3) is 4.34. The normalized spacial score (nSPS) is 19.8. The summed E-state index contributed by atoms with van der Waals surface area (Å²) in [7, 11) is 0. The van der Waals surface area contributed by atoms with Crippen molar-refractivity contribution in [3.63, 3.8) is 0 Å². The lowest BCUT2D eigenvalue weighted by atomic mass is 9.72. The van der Waals surface area contributed by atoms with E-state index in [9.17, 15) is 4.79 Å². The SMILES string of the molecule is CC1CC(Cc2ccc(C(C)(C)C)c(C(=O)c3ccccc3C(C)C)c2)C1. The van der Waals surface area contributed by atoms with Gasteiger partial charge in [-0.05, 0) is 65.2 Å². The minimum absolute atomic E-state index is 0.0543. The third-order valence-corrected chi connectivity index (χ3v) is 5.96. The molecule has 1 heteroatoms. The zero-order chi connectivity index (χ0) is 19.8. The highest BCUT2D eigenvalue weighted by Gasteiger charge is 2.28. The van der Waals surface area contributed by atoms with E-state index in [4.69, 9.17) is 0 Å². The molecule has 1 nitrogen and oxygen atoms in total. The number of rotatable bonds is 5. The van der Waals surface area contributed by atoms with Gasteiger partial charge < -0.3 is 0 Å². The van der Waals surface area contributed by atoms with Gasteiger partial charge in [0.15, 0.2) is 5.78 Å². The molecule has 0 spiro atoms. The van der Waals surface area contributed by atoms with E-state index in [1.807, 2.05) is 18.2 Å². The second-order valence-electron chi connectivity index (χ2n) is 9.85. The first-order chi connectivity index (χ1) is 12.7. The largest absolute Gasteiger partial charge is 0.289 e. The van der Waals surface area contributed by atoms with Crippen molar-refractivity contribution in [1.29, 1.82) is 0 Å². The zero-order valence-corrected chi connectivity index (χ0v) is 17.8. The van der Waals surface area contributed by atoms with E-state index in [1.54, 1.807) is 0 Å². The first kappa shape index (κ1) is 19.9. The minimum Gasteiger partial charge on any atom is -0.289 e. The minimum atomic E-state index is -0.0543. The van der Waals surface area contributed by atoms with Crippen molar-refractivity contribution in [3.05, 3.63) is 70.3 Å². The molecule has 0 amide bonds. The van der Waals surface area contributed by atoms with Gasteiger partial charge >= 0.3 is 0 Å². The standard InChI is InChI=1S/C26H34O/c1-17(2)21-9-7-8-10-22(21)25(27)23-16-19(15-20-13-18(3)14-20)11-12-24(23)26(4,5)6/h7-12,16-18,20H,13-15H2,1-6H3. The molecule has 1 saturated carbocycles. The van der Waals surface area contributed by atoms with Crippen LogP contribution in [0.5, 0.6) is 0 Å². The lowest BCUT2D eigenvalue weighted by molar-refractivity contribution is 0.103. The first-order valence-corrected chi connectivity index (χ1v) is 10.4. The van der Waals surface area contributed by atoms with Gasteiger partial charge in [0.05, 0.1) is 0 Å². The van der Waals surface area contributed by atoms with Crippen LogP contribution in [0.15, 0.2) is 42.5 Å². The van der Waals surface area contributed by atoms with Crippen molar-refractivity contribution in [3.8, 4) is 0 Å². The molecular weight excluding hydrogens is 328 g/mol. The van der Waals surface area contributed by atoms with E-state index in [-0.39, 0.29) is 11.2 Å². The van der Waals surface area contributed by atoms with Crippen LogP contribution >= 0.6 is 0 Å². The van der Waals surface area contributed by atoms with Gasteiger partial charge in [-0.1, -0.05) is 77.9 Å². The Balaban J connectivity index is 2.02. The molecule has 2 aromatic rings. The molecule has 0 saturated heterocycles. The summed E-state index contributed by atoms with van der Waals surface area (Å²) in [5.74, 6) is 2.16. The first-order valence-electron chi connectivity index (χ1n) is 10.4. The number of benzene rings is 2. The van der Waals surface area contributed by atoms with Crippen LogP contribution in [0.2, 0.25) is 0 Å².